The van der Waals surface area contributed by atoms with E-state index in [1.165, 1.54) is 50.1 Å². The average Bonchev–Trinajstić information content (AvgIpc) is 3.80. The zero-order valence-corrected chi connectivity index (χ0v) is 32.1. The topological polar surface area (TPSA) is 16.4 Å². The molecule has 0 saturated carbocycles. The summed E-state index contributed by atoms with van der Waals surface area (Å²) in [4.78, 5) is 2.42. The van der Waals surface area contributed by atoms with E-state index in [-0.39, 0.29) is 0 Å². The van der Waals surface area contributed by atoms with Crippen molar-refractivity contribution in [2.45, 2.75) is 12.3 Å². The van der Waals surface area contributed by atoms with Crippen molar-refractivity contribution in [1.82, 2.24) is 0 Å². The van der Waals surface area contributed by atoms with E-state index < -0.39 is 5.41 Å². The van der Waals surface area contributed by atoms with Crippen LogP contribution < -0.4 is 4.90 Å². The Balaban J connectivity index is 1.21. The highest BCUT2D eigenvalue weighted by atomic mass is 16.3. The first-order chi connectivity index (χ1) is 28.6. The van der Waals surface area contributed by atoms with Crippen LogP contribution in [0.25, 0.3) is 66.4 Å². The lowest BCUT2D eigenvalue weighted by Gasteiger charge is -2.32. The molecule has 0 radical (unpaired) electrons. The predicted octanol–water partition coefficient (Wildman–Crippen LogP) is 15.4. The molecule has 274 valence electrons. The Bertz CT molecular complexity index is 3000. The summed E-state index contributed by atoms with van der Waals surface area (Å²) in [6.07, 6.45) is 0. The smallest absolute Gasteiger partial charge is 0.137 e. The Morgan fingerprint density at radius 3 is 1.40 bits per heavy atom. The van der Waals surface area contributed by atoms with Gasteiger partial charge < -0.3 is 9.32 Å². The fourth-order valence-electron chi connectivity index (χ4n) is 9.32. The summed E-state index contributed by atoms with van der Waals surface area (Å²) >= 11 is 0. The molecule has 1 aliphatic rings. The summed E-state index contributed by atoms with van der Waals surface area (Å²) in [7, 11) is 0. The molecule has 1 aliphatic carbocycles. The van der Waals surface area contributed by atoms with E-state index in [1.54, 1.807) is 0 Å². The summed E-state index contributed by atoms with van der Waals surface area (Å²) in [5.74, 6) is 0. The van der Waals surface area contributed by atoms with Crippen molar-refractivity contribution >= 4 is 39.0 Å². The summed E-state index contributed by atoms with van der Waals surface area (Å²) < 4.78 is 6.87. The molecule has 0 amide bonds. The molecule has 2 nitrogen and oxygen atoms in total. The monoisotopic (exact) mass is 741 g/mol. The van der Waals surface area contributed by atoms with Crippen LogP contribution in [0, 0.1) is 0 Å². The summed E-state index contributed by atoms with van der Waals surface area (Å²) in [6, 6.07) is 79.0. The van der Waals surface area contributed by atoms with E-state index in [2.05, 4.69) is 230 Å². The molecule has 0 unspecified atom stereocenters. The van der Waals surface area contributed by atoms with Gasteiger partial charge >= 0.3 is 0 Å². The lowest BCUT2D eigenvalue weighted by Crippen LogP contribution is -2.23. The molecular weight excluding hydrogens is 703 g/mol. The highest BCUT2D eigenvalue weighted by molar-refractivity contribution is 6.10. The SMILES string of the molecule is CC1(c2cc(N(c3ccc(-c4ccccc4)cc3)c3cc(-c4ccccc4)cc(-c4ccccc4)c3)cc3oc4ccccc4c23)c2ccccc2-c2ccccc21. The number of nitrogens with zero attached hydrogens (tertiary/aromatic N) is 1. The molecule has 1 heterocycles. The molecule has 58 heavy (non-hydrogen) atoms. The Hall–Kier alpha value is -7.42. The van der Waals surface area contributed by atoms with Crippen molar-refractivity contribution in [2.75, 3.05) is 4.90 Å². The van der Waals surface area contributed by atoms with Gasteiger partial charge in [-0.15, -0.1) is 0 Å². The Morgan fingerprint density at radius 2 is 0.810 bits per heavy atom. The average molecular weight is 742 g/mol. The quantitative estimate of drug-likeness (QED) is 0.162. The van der Waals surface area contributed by atoms with Crippen molar-refractivity contribution in [2.24, 2.45) is 0 Å². The largest absolute Gasteiger partial charge is 0.456 e. The Labute approximate surface area is 338 Å². The zero-order valence-electron chi connectivity index (χ0n) is 32.1. The molecule has 0 aliphatic heterocycles. The molecule has 0 bridgehead atoms. The standard InChI is InChI=1S/C56H39NO/c1-56(50-26-14-11-23-47(50)48-24-12-15-27-51(48)56)52-36-46(37-54-55(52)49-25-13-16-28-53(49)58-54)57(44-31-29-41(30-32-44)38-17-5-2-6-18-38)45-34-42(39-19-7-3-8-20-39)33-43(35-45)40-21-9-4-10-22-40/h2-37H,1H3. The van der Waals surface area contributed by atoms with Gasteiger partial charge in [0.15, 0.2) is 0 Å². The third-order valence-electron chi connectivity index (χ3n) is 12.1. The van der Waals surface area contributed by atoms with Crippen LogP contribution >= 0.6 is 0 Å². The lowest BCUT2D eigenvalue weighted by molar-refractivity contribution is 0.666. The second-order valence-corrected chi connectivity index (χ2v) is 15.4. The maximum Gasteiger partial charge on any atom is 0.137 e. The highest BCUT2D eigenvalue weighted by Gasteiger charge is 2.42. The summed E-state index contributed by atoms with van der Waals surface area (Å²) in [5.41, 5.74) is 17.8. The number of benzene rings is 9. The van der Waals surface area contributed by atoms with Crippen LogP contribution in [0.4, 0.5) is 17.1 Å². The molecule has 2 heteroatoms. The molecule has 0 fully saturated rings. The van der Waals surface area contributed by atoms with Crippen LogP contribution in [0.5, 0.6) is 0 Å². The summed E-state index contributed by atoms with van der Waals surface area (Å²) in [6.45, 7) is 2.40. The van der Waals surface area contributed by atoms with Gasteiger partial charge in [-0.3, -0.25) is 0 Å². The van der Waals surface area contributed by atoms with E-state index in [9.17, 15) is 0 Å². The van der Waals surface area contributed by atoms with E-state index in [0.717, 1.165) is 50.1 Å². The fraction of sp³-hybridized carbons (Fsp3) is 0.0357. The van der Waals surface area contributed by atoms with Gasteiger partial charge in [0, 0.05) is 33.6 Å². The molecular formula is C56H39NO. The molecule has 0 atom stereocenters. The van der Waals surface area contributed by atoms with Gasteiger partial charge in [0.05, 0.1) is 5.69 Å². The maximum atomic E-state index is 6.87. The van der Waals surface area contributed by atoms with Crippen LogP contribution in [-0.4, -0.2) is 0 Å². The minimum absolute atomic E-state index is 0.460. The molecule has 10 aromatic rings. The van der Waals surface area contributed by atoms with Gasteiger partial charge in [-0.1, -0.05) is 170 Å². The van der Waals surface area contributed by atoms with Crippen molar-refractivity contribution in [1.29, 1.82) is 0 Å². The third-order valence-corrected chi connectivity index (χ3v) is 12.1. The van der Waals surface area contributed by atoms with Crippen LogP contribution in [0.3, 0.4) is 0 Å². The van der Waals surface area contributed by atoms with Crippen LogP contribution in [-0.2, 0) is 5.41 Å². The van der Waals surface area contributed by atoms with Crippen molar-refractivity contribution in [3.8, 4) is 44.5 Å². The van der Waals surface area contributed by atoms with E-state index in [1.807, 2.05) is 0 Å². The van der Waals surface area contributed by atoms with Gasteiger partial charge in [0.25, 0.3) is 0 Å². The van der Waals surface area contributed by atoms with E-state index >= 15 is 0 Å². The summed E-state index contributed by atoms with van der Waals surface area (Å²) in [5, 5.41) is 2.27. The zero-order chi connectivity index (χ0) is 38.6. The minimum atomic E-state index is -0.460. The van der Waals surface area contributed by atoms with Crippen molar-refractivity contribution in [3.63, 3.8) is 0 Å². The Kier molecular flexibility index (Phi) is 7.97. The second-order valence-electron chi connectivity index (χ2n) is 15.4. The molecule has 0 N–H and O–H groups in total. The van der Waals surface area contributed by atoms with Gasteiger partial charge in [-0.2, -0.15) is 0 Å². The van der Waals surface area contributed by atoms with Gasteiger partial charge in [-0.25, -0.2) is 0 Å². The van der Waals surface area contributed by atoms with Crippen molar-refractivity contribution in [3.05, 3.63) is 235 Å². The van der Waals surface area contributed by atoms with Crippen molar-refractivity contribution < 1.29 is 4.42 Å². The molecule has 11 rings (SSSR count). The second kappa shape index (κ2) is 13.7. The molecule has 9 aromatic carbocycles. The van der Waals surface area contributed by atoms with Gasteiger partial charge in [-0.05, 0) is 111 Å². The maximum absolute atomic E-state index is 6.87. The third kappa shape index (κ3) is 5.49. The normalized spacial score (nSPS) is 12.7. The minimum Gasteiger partial charge on any atom is -0.456 e. The Morgan fingerprint density at radius 1 is 0.345 bits per heavy atom. The number of furan rings is 1. The molecule has 1 aromatic heterocycles. The van der Waals surface area contributed by atoms with Crippen LogP contribution in [0.2, 0.25) is 0 Å². The van der Waals surface area contributed by atoms with Crippen LogP contribution in [0.15, 0.2) is 223 Å². The van der Waals surface area contributed by atoms with E-state index in [0.29, 0.717) is 0 Å². The number of para-hydroxylation sites is 1. The fourth-order valence-corrected chi connectivity index (χ4v) is 9.32. The number of fused-ring (bicyclic) bond motifs is 6. The number of hydrogen-bond acceptors (Lipinski definition) is 2. The molecule has 0 saturated heterocycles. The first-order valence-corrected chi connectivity index (χ1v) is 20.0. The lowest BCUT2D eigenvalue weighted by atomic mass is 9.72. The molecule has 0 spiro atoms. The van der Waals surface area contributed by atoms with Crippen LogP contribution in [0.1, 0.15) is 23.6 Å². The first-order valence-electron chi connectivity index (χ1n) is 20.0. The first kappa shape index (κ1) is 33.9. The number of anilines is 3. The number of rotatable bonds is 7. The van der Waals surface area contributed by atoms with E-state index in [4.69, 9.17) is 4.42 Å². The van der Waals surface area contributed by atoms with Gasteiger partial charge in [0.1, 0.15) is 11.2 Å². The number of hydrogen-bond donors (Lipinski definition) is 0. The predicted molar refractivity (Wildman–Crippen MR) is 242 cm³/mol. The highest BCUT2D eigenvalue weighted by Crippen LogP contribution is 2.56. The van der Waals surface area contributed by atoms with Gasteiger partial charge in [0.2, 0.25) is 0 Å².